The fourth-order valence-corrected chi connectivity index (χ4v) is 4.65. The van der Waals surface area contributed by atoms with Crippen LogP contribution in [0.4, 0.5) is 0 Å². The summed E-state index contributed by atoms with van der Waals surface area (Å²) in [5.74, 6) is 0.945. The number of amides is 1. The molecule has 2 aliphatic heterocycles. The zero-order chi connectivity index (χ0) is 20.6. The average Bonchev–Trinajstić information content (AvgIpc) is 3.34. The standard InChI is InChI=1S/C24H25N3O3/c1-29-21-6-7-22-18(17-21)8-15-30-24(22)9-13-26(14-10-24)23(28)19-4-2-5-20(16-19)27-12-3-11-25-27/h2-7,11-12,16-17H,8-10,13-15H2,1H3. The van der Waals surface area contributed by atoms with Crippen molar-refractivity contribution >= 4 is 5.91 Å². The Bertz CT molecular complexity index is 1050. The lowest BCUT2D eigenvalue weighted by molar-refractivity contribution is -0.0935. The van der Waals surface area contributed by atoms with E-state index in [4.69, 9.17) is 9.47 Å². The van der Waals surface area contributed by atoms with Crippen LogP contribution in [-0.4, -0.2) is 47.4 Å². The van der Waals surface area contributed by atoms with E-state index < -0.39 is 0 Å². The molecule has 154 valence electrons. The van der Waals surface area contributed by atoms with Crippen LogP contribution in [0.3, 0.4) is 0 Å². The lowest BCUT2D eigenvalue weighted by atomic mass is 9.79. The average molecular weight is 403 g/mol. The molecule has 0 atom stereocenters. The molecule has 0 radical (unpaired) electrons. The molecule has 2 aromatic carbocycles. The highest BCUT2D eigenvalue weighted by atomic mass is 16.5. The third-order valence-corrected chi connectivity index (χ3v) is 6.27. The number of nitrogens with zero attached hydrogens (tertiary/aromatic N) is 3. The zero-order valence-electron chi connectivity index (χ0n) is 17.1. The first-order valence-electron chi connectivity index (χ1n) is 10.4. The lowest BCUT2D eigenvalue weighted by Crippen LogP contribution is -2.48. The van der Waals surface area contributed by atoms with Crippen molar-refractivity contribution in [2.24, 2.45) is 0 Å². The molecule has 0 N–H and O–H groups in total. The van der Waals surface area contributed by atoms with Gasteiger partial charge in [0.1, 0.15) is 5.75 Å². The molecule has 1 fully saturated rings. The molecule has 0 bridgehead atoms. The summed E-state index contributed by atoms with van der Waals surface area (Å²) in [5.41, 5.74) is 3.83. The molecule has 5 rings (SSSR count). The van der Waals surface area contributed by atoms with Gasteiger partial charge in [-0.15, -0.1) is 0 Å². The number of rotatable bonds is 3. The van der Waals surface area contributed by atoms with Gasteiger partial charge in [-0.05, 0) is 66.8 Å². The number of hydrogen-bond donors (Lipinski definition) is 0. The van der Waals surface area contributed by atoms with Crippen molar-refractivity contribution in [1.29, 1.82) is 0 Å². The third kappa shape index (κ3) is 3.27. The van der Waals surface area contributed by atoms with Gasteiger partial charge in [-0.3, -0.25) is 4.79 Å². The number of aromatic nitrogens is 2. The normalized spacial score (nSPS) is 17.6. The Balaban J connectivity index is 1.34. The molecular weight excluding hydrogens is 378 g/mol. The highest BCUT2D eigenvalue weighted by molar-refractivity contribution is 5.94. The van der Waals surface area contributed by atoms with Crippen LogP contribution < -0.4 is 4.74 Å². The SMILES string of the molecule is COc1ccc2c(c1)CCOC21CCN(C(=O)c2cccc(-n3cccn3)c2)CC1. The van der Waals surface area contributed by atoms with Gasteiger partial charge in [0.05, 0.1) is 25.0 Å². The molecular formula is C24H25N3O3. The Hall–Kier alpha value is -3.12. The first-order valence-corrected chi connectivity index (χ1v) is 10.4. The number of carbonyl (C=O) groups excluding carboxylic acids is 1. The molecule has 30 heavy (non-hydrogen) atoms. The van der Waals surface area contributed by atoms with E-state index in [1.54, 1.807) is 18.0 Å². The number of ether oxygens (including phenoxy) is 2. The maximum atomic E-state index is 13.2. The van der Waals surface area contributed by atoms with E-state index in [0.717, 1.165) is 30.7 Å². The van der Waals surface area contributed by atoms with E-state index in [1.807, 2.05) is 47.5 Å². The van der Waals surface area contributed by atoms with Gasteiger partial charge in [0.15, 0.2) is 0 Å². The number of benzene rings is 2. The first-order chi connectivity index (χ1) is 14.7. The molecule has 0 unspecified atom stereocenters. The van der Waals surface area contributed by atoms with Crippen LogP contribution in [-0.2, 0) is 16.8 Å². The van der Waals surface area contributed by atoms with Gasteiger partial charge in [-0.25, -0.2) is 4.68 Å². The van der Waals surface area contributed by atoms with Crippen LogP contribution in [0, 0.1) is 0 Å². The summed E-state index contributed by atoms with van der Waals surface area (Å²) in [6, 6.07) is 15.8. The van der Waals surface area contributed by atoms with Gasteiger partial charge in [-0.1, -0.05) is 12.1 Å². The number of likely N-dealkylation sites (tertiary alicyclic amines) is 1. The molecule has 2 aliphatic rings. The fraction of sp³-hybridized carbons (Fsp3) is 0.333. The topological polar surface area (TPSA) is 56.6 Å². The van der Waals surface area contributed by atoms with E-state index in [-0.39, 0.29) is 11.5 Å². The molecule has 3 aromatic rings. The largest absolute Gasteiger partial charge is 0.497 e. The first kappa shape index (κ1) is 18.9. The Morgan fingerprint density at radius 3 is 2.77 bits per heavy atom. The number of hydrogen-bond acceptors (Lipinski definition) is 4. The third-order valence-electron chi connectivity index (χ3n) is 6.27. The number of carbonyl (C=O) groups is 1. The molecule has 1 aromatic heterocycles. The summed E-state index contributed by atoms with van der Waals surface area (Å²) in [4.78, 5) is 15.1. The molecule has 0 aliphatic carbocycles. The maximum absolute atomic E-state index is 13.2. The molecule has 1 spiro atoms. The van der Waals surface area contributed by atoms with Crippen LogP contribution in [0.1, 0.15) is 34.3 Å². The van der Waals surface area contributed by atoms with Crippen molar-refractivity contribution in [3.05, 3.63) is 77.6 Å². The second kappa shape index (κ2) is 7.61. The van der Waals surface area contributed by atoms with Crippen molar-refractivity contribution in [2.75, 3.05) is 26.8 Å². The molecule has 1 amide bonds. The summed E-state index contributed by atoms with van der Waals surface area (Å²) in [5, 5.41) is 4.26. The smallest absolute Gasteiger partial charge is 0.253 e. The Labute approximate surface area is 176 Å². The Morgan fingerprint density at radius 2 is 2.00 bits per heavy atom. The van der Waals surface area contributed by atoms with E-state index in [0.29, 0.717) is 25.3 Å². The maximum Gasteiger partial charge on any atom is 0.253 e. The Morgan fingerprint density at radius 1 is 1.13 bits per heavy atom. The number of methoxy groups -OCH3 is 1. The molecule has 6 heteroatoms. The predicted octanol–water partition coefficient (Wildman–Crippen LogP) is 3.59. The minimum Gasteiger partial charge on any atom is -0.497 e. The monoisotopic (exact) mass is 403 g/mol. The van der Waals surface area contributed by atoms with Crippen molar-refractivity contribution < 1.29 is 14.3 Å². The molecule has 0 saturated carbocycles. The second-order valence-electron chi connectivity index (χ2n) is 7.91. The fourth-order valence-electron chi connectivity index (χ4n) is 4.65. The summed E-state index contributed by atoms with van der Waals surface area (Å²) in [6.45, 7) is 2.06. The minimum absolute atomic E-state index is 0.0598. The molecule has 1 saturated heterocycles. The quantitative estimate of drug-likeness (QED) is 0.671. The molecule has 6 nitrogen and oxygen atoms in total. The van der Waals surface area contributed by atoms with Gasteiger partial charge in [0, 0.05) is 31.0 Å². The molecule has 3 heterocycles. The van der Waals surface area contributed by atoms with Gasteiger partial charge < -0.3 is 14.4 Å². The number of fused-ring (bicyclic) bond motifs is 2. The predicted molar refractivity (Wildman–Crippen MR) is 113 cm³/mol. The lowest BCUT2D eigenvalue weighted by Gasteiger charge is -2.45. The van der Waals surface area contributed by atoms with Crippen LogP contribution in [0.15, 0.2) is 60.9 Å². The summed E-state index contributed by atoms with van der Waals surface area (Å²) in [6.07, 6.45) is 6.11. The van der Waals surface area contributed by atoms with Crippen molar-refractivity contribution in [1.82, 2.24) is 14.7 Å². The summed E-state index contributed by atoms with van der Waals surface area (Å²) < 4.78 is 13.5. The van der Waals surface area contributed by atoms with E-state index in [9.17, 15) is 4.79 Å². The highest BCUT2D eigenvalue weighted by Crippen LogP contribution is 2.42. The summed E-state index contributed by atoms with van der Waals surface area (Å²) >= 11 is 0. The van der Waals surface area contributed by atoms with Crippen LogP contribution in [0.25, 0.3) is 5.69 Å². The van der Waals surface area contributed by atoms with E-state index >= 15 is 0 Å². The van der Waals surface area contributed by atoms with Crippen LogP contribution in [0.5, 0.6) is 5.75 Å². The van der Waals surface area contributed by atoms with Crippen LogP contribution >= 0.6 is 0 Å². The van der Waals surface area contributed by atoms with Crippen molar-refractivity contribution in [3.63, 3.8) is 0 Å². The highest BCUT2D eigenvalue weighted by Gasteiger charge is 2.41. The number of piperidine rings is 1. The second-order valence-corrected chi connectivity index (χ2v) is 7.91. The van der Waals surface area contributed by atoms with Crippen molar-refractivity contribution in [3.8, 4) is 11.4 Å². The summed E-state index contributed by atoms with van der Waals surface area (Å²) in [7, 11) is 1.70. The van der Waals surface area contributed by atoms with E-state index in [1.165, 1.54) is 11.1 Å². The van der Waals surface area contributed by atoms with Gasteiger partial charge in [-0.2, -0.15) is 5.10 Å². The van der Waals surface area contributed by atoms with Gasteiger partial charge >= 0.3 is 0 Å². The minimum atomic E-state index is -0.298. The van der Waals surface area contributed by atoms with Gasteiger partial charge in [0.25, 0.3) is 5.91 Å². The zero-order valence-corrected chi connectivity index (χ0v) is 17.1. The van der Waals surface area contributed by atoms with E-state index in [2.05, 4.69) is 17.2 Å². The van der Waals surface area contributed by atoms with Crippen LogP contribution in [0.2, 0.25) is 0 Å². The van der Waals surface area contributed by atoms with Crippen molar-refractivity contribution in [2.45, 2.75) is 24.9 Å². The Kier molecular flexibility index (Phi) is 4.79. The van der Waals surface area contributed by atoms with Gasteiger partial charge in [0.2, 0.25) is 0 Å².